The number of hydrogen-bond acceptors (Lipinski definition) is 3. The number of hydrogen-bond donors (Lipinski definition) is 1. The van der Waals surface area contributed by atoms with E-state index in [0.717, 1.165) is 0 Å². The molecule has 2 amide bonds. The van der Waals surface area contributed by atoms with Gasteiger partial charge in [0, 0.05) is 6.54 Å². The molecule has 0 radical (unpaired) electrons. The summed E-state index contributed by atoms with van der Waals surface area (Å²) in [6.45, 7) is 2.90. The molecule has 1 N–H and O–H groups in total. The minimum Gasteiger partial charge on any atom is -0.374 e. The van der Waals surface area contributed by atoms with E-state index in [-0.39, 0.29) is 25.0 Å². The highest BCUT2D eigenvalue weighted by Gasteiger charge is 2.36. The second-order valence-electron chi connectivity index (χ2n) is 4.15. The number of amides is 2. The zero-order valence-corrected chi connectivity index (χ0v) is 10.5. The third-order valence-corrected chi connectivity index (χ3v) is 2.80. The molecule has 5 nitrogen and oxygen atoms in total. The van der Waals surface area contributed by atoms with E-state index in [9.17, 15) is 18.4 Å². The first kappa shape index (κ1) is 14.8. The van der Waals surface area contributed by atoms with Crippen LogP contribution in [0.2, 0.25) is 0 Å². The molecule has 0 aliphatic carbocycles. The van der Waals surface area contributed by atoms with Gasteiger partial charge in [0.1, 0.15) is 18.7 Å². The summed E-state index contributed by atoms with van der Waals surface area (Å²) >= 11 is 0. The van der Waals surface area contributed by atoms with Crippen LogP contribution < -0.4 is 5.32 Å². The van der Waals surface area contributed by atoms with Crippen molar-refractivity contribution in [1.29, 1.82) is 0 Å². The molecule has 0 aromatic rings. The van der Waals surface area contributed by atoms with Crippen LogP contribution in [0.3, 0.4) is 0 Å². The van der Waals surface area contributed by atoms with Gasteiger partial charge in [-0.15, -0.1) is 0 Å². The summed E-state index contributed by atoms with van der Waals surface area (Å²) in [5.41, 5.74) is 0. The Morgan fingerprint density at radius 3 is 2.67 bits per heavy atom. The van der Waals surface area contributed by atoms with Crippen LogP contribution in [-0.4, -0.2) is 55.0 Å². The van der Waals surface area contributed by atoms with Crippen molar-refractivity contribution in [3.8, 4) is 0 Å². The van der Waals surface area contributed by atoms with E-state index in [4.69, 9.17) is 4.74 Å². The molecular formula is C11H18F2N2O3. The van der Waals surface area contributed by atoms with Gasteiger partial charge in [0.15, 0.2) is 0 Å². The largest absolute Gasteiger partial charge is 0.374 e. The molecule has 1 fully saturated rings. The molecule has 1 saturated heterocycles. The highest BCUT2D eigenvalue weighted by Crippen LogP contribution is 2.12. The summed E-state index contributed by atoms with van der Waals surface area (Å²) in [7, 11) is 0. The molecule has 1 aliphatic heterocycles. The quantitative estimate of drug-likeness (QED) is 0.706. The maximum atomic E-state index is 11.9. The monoisotopic (exact) mass is 264 g/mol. The van der Waals surface area contributed by atoms with E-state index < -0.39 is 25.1 Å². The minimum absolute atomic E-state index is 0.00653. The molecule has 0 saturated carbocycles. The van der Waals surface area contributed by atoms with E-state index >= 15 is 0 Å². The average molecular weight is 264 g/mol. The predicted octanol–water partition coefficient (Wildman–Crippen LogP) is 0.394. The third kappa shape index (κ3) is 3.63. The number of halogens is 2. The molecule has 0 bridgehead atoms. The fraction of sp³-hybridized carbons (Fsp3) is 0.818. The van der Waals surface area contributed by atoms with E-state index in [2.05, 4.69) is 5.32 Å². The van der Waals surface area contributed by atoms with Crippen molar-refractivity contribution in [3.63, 3.8) is 0 Å². The van der Waals surface area contributed by atoms with E-state index in [1.54, 1.807) is 13.8 Å². The van der Waals surface area contributed by atoms with Crippen LogP contribution >= 0.6 is 0 Å². The number of carbonyl (C=O) groups is 2. The van der Waals surface area contributed by atoms with Crippen molar-refractivity contribution < 1.29 is 23.1 Å². The van der Waals surface area contributed by atoms with Gasteiger partial charge in [-0.1, -0.05) is 6.92 Å². The number of nitrogens with one attached hydrogen (secondary N) is 1. The fourth-order valence-electron chi connectivity index (χ4n) is 1.92. The van der Waals surface area contributed by atoms with Crippen molar-refractivity contribution >= 4 is 11.8 Å². The zero-order chi connectivity index (χ0) is 13.7. The zero-order valence-electron chi connectivity index (χ0n) is 10.5. The second kappa shape index (κ2) is 6.63. The van der Waals surface area contributed by atoms with Gasteiger partial charge in [-0.25, -0.2) is 8.78 Å². The van der Waals surface area contributed by atoms with Crippen molar-refractivity contribution in [2.45, 2.75) is 38.8 Å². The van der Waals surface area contributed by atoms with Gasteiger partial charge >= 0.3 is 0 Å². The molecule has 0 aromatic heterocycles. The fourth-order valence-corrected chi connectivity index (χ4v) is 1.92. The van der Waals surface area contributed by atoms with Crippen LogP contribution in [0.1, 0.15) is 20.3 Å². The Kier molecular flexibility index (Phi) is 5.46. The highest BCUT2D eigenvalue weighted by atomic mass is 19.3. The lowest BCUT2D eigenvalue weighted by Gasteiger charge is -2.37. The number of piperazine rings is 1. The van der Waals surface area contributed by atoms with Crippen LogP contribution in [-0.2, 0) is 14.3 Å². The van der Waals surface area contributed by atoms with Crippen molar-refractivity contribution in [1.82, 2.24) is 10.2 Å². The lowest BCUT2D eigenvalue weighted by Crippen LogP contribution is -2.62. The van der Waals surface area contributed by atoms with Gasteiger partial charge in [-0.2, -0.15) is 0 Å². The van der Waals surface area contributed by atoms with E-state index in [1.165, 1.54) is 4.90 Å². The van der Waals surface area contributed by atoms with Gasteiger partial charge in [0.05, 0.1) is 6.61 Å². The number of alkyl halides is 2. The number of ether oxygens (including phenoxy) is 1. The Balaban J connectivity index is 2.52. The smallest absolute Gasteiger partial charge is 0.261 e. The molecule has 18 heavy (non-hydrogen) atoms. The number of carbonyl (C=O) groups excluding carboxylic acids is 2. The molecule has 1 rings (SSSR count). The van der Waals surface area contributed by atoms with E-state index in [0.29, 0.717) is 6.42 Å². The van der Waals surface area contributed by atoms with Gasteiger partial charge in [-0.05, 0) is 13.3 Å². The van der Waals surface area contributed by atoms with Crippen LogP contribution in [0.25, 0.3) is 0 Å². The molecular weight excluding hydrogens is 246 g/mol. The standard InChI is InChI=1S/C11H18F2N2O3/c1-3-8-10(16)14-7(2)11(17)15(8)4-5-18-6-9(12)13/h7-9H,3-6H2,1-2H3,(H,14,16). The highest BCUT2D eigenvalue weighted by molar-refractivity contribution is 5.96. The lowest BCUT2D eigenvalue weighted by atomic mass is 10.1. The third-order valence-electron chi connectivity index (χ3n) is 2.80. The number of rotatable bonds is 6. The minimum atomic E-state index is -2.52. The average Bonchev–Trinajstić information content (AvgIpc) is 2.30. The van der Waals surface area contributed by atoms with E-state index in [1.807, 2.05) is 0 Å². The van der Waals surface area contributed by atoms with Crippen LogP contribution in [0.15, 0.2) is 0 Å². The normalized spacial score (nSPS) is 24.6. The van der Waals surface area contributed by atoms with Gasteiger partial charge in [-0.3, -0.25) is 9.59 Å². The molecule has 0 aromatic carbocycles. The summed E-state index contributed by atoms with van der Waals surface area (Å²) in [4.78, 5) is 24.9. The van der Waals surface area contributed by atoms with Crippen LogP contribution in [0.4, 0.5) is 8.78 Å². The first-order chi connectivity index (χ1) is 8.47. The van der Waals surface area contributed by atoms with Gasteiger partial charge in [0.25, 0.3) is 6.43 Å². The van der Waals surface area contributed by atoms with Gasteiger partial charge < -0.3 is 15.0 Å². The van der Waals surface area contributed by atoms with Crippen LogP contribution in [0.5, 0.6) is 0 Å². The Hall–Kier alpha value is -1.24. The van der Waals surface area contributed by atoms with Crippen molar-refractivity contribution in [3.05, 3.63) is 0 Å². The van der Waals surface area contributed by atoms with Crippen LogP contribution in [0, 0.1) is 0 Å². The lowest BCUT2D eigenvalue weighted by molar-refractivity contribution is -0.149. The first-order valence-electron chi connectivity index (χ1n) is 5.94. The molecule has 104 valence electrons. The van der Waals surface area contributed by atoms with Crippen molar-refractivity contribution in [2.24, 2.45) is 0 Å². The summed E-state index contributed by atoms with van der Waals surface area (Å²) in [6, 6.07) is -1.11. The first-order valence-corrected chi connectivity index (χ1v) is 5.94. The predicted molar refractivity (Wildman–Crippen MR) is 60.2 cm³/mol. The summed E-state index contributed by atoms with van der Waals surface area (Å²) in [5, 5.41) is 2.58. The Morgan fingerprint density at radius 2 is 2.11 bits per heavy atom. The summed E-state index contributed by atoms with van der Waals surface area (Å²) in [6.07, 6.45) is -2.04. The topological polar surface area (TPSA) is 58.6 Å². The summed E-state index contributed by atoms with van der Waals surface area (Å²) < 4.78 is 28.5. The molecule has 7 heteroatoms. The number of nitrogens with zero attached hydrogens (tertiary/aromatic N) is 1. The maximum absolute atomic E-state index is 11.9. The van der Waals surface area contributed by atoms with Crippen molar-refractivity contribution in [2.75, 3.05) is 19.8 Å². The molecule has 2 atom stereocenters. The Morgan fingerprint density at radius 1 is 1.44 bits per heavy atom. The van der Waals surface area contributed by atoms with Gasteiger partial charge in [0.2, 0.25) is 11.8 Å². The second-order valence-corrected chi connectivity index (χ2v) is 4.15. The summed E-state index contributed by atoms with van der Waals surface area (Å²) in [5.74, 6) is -0.416. The SMILES string of the molecule is CCC1C(=O)NC(C)C(=O)N1CCOCC(F)F. The molecule has 2 unspecified atom stereocenters. The molecule has 0 spiro atoms. The Labute approximate surface area is 104 Å². The maximum Gasteiger partial charge on any atom is 0.261 e. The molecule has 1 heterocycles. The Bertz CT molecular complexity index is 313. The molecule has 1 aliphatic rings.